The molecule has 0 saturated carbocycles. The van der Waals surface area contributed by atoms with Gasteiger partial charge in [-0.1, -0.05) is 60.7 Å². The average Bonchev–Trinajstić information content (AvgIpc) is 2.45. The second-order valence-electron chi connectivity index (χ2n) is 4.37. The summed E-state index contributed by atoms with van der Waals surface area (Å²) in [4.78, 5) is 11.3. The molecule has 2 aromatic carbocycles. The van der Waals surface area contributed by atoms with Crippen LogP contribution in [0.1, 0.15) is 17.5 Å². The number of carbonyl (C=O) groups is 1. The van der Waals surface area contributed by atoms with E-state index in [2.05, 4.69) is 0 Å². The molecule has 0 fully saturated rings. The Hall–Kier alpha value is -2.35. The molecule has 2 nitrogen and oxygen atoms in total. The largest absolute Gasteiger partial charge is 0.478 e. The van der Waals surface area contributed by atoms with Crippen LogP contribution < -0.4 is 0 Å². The van der Waals surface area contributed by atoms with E-state index < -0.39 is 5.97 Å². The molecule has 0 aliphatic rings. The molecule has 0 radical (unpaired) electrons. The smallest absolute Gasteiger partial charge is 0.331 e. The van der Waals surface area contributed by atoms with Gasteiger partial charge in [-0.25, -0.2) is 4.79 Å². The molecule has 2 heteroatoms. The molecule has 2 rings (SSSR count). The standard InChI is InChI=1S/C17H16O2/c18-17(19)16(13-15-9-5-2-6-10-15)12-11-14-7-3-1-4-8-14/h1-10,13H,11-12H2,(H,18,19). The highest BCUT2D eigenvalue weighted by atomic mass is 16.4. The first-order chi connectivity index (χ1) is 9.25. The molecule has 0 heterocycles. The molecule has 96 valence electrons. The van der Waals surface area contributed by atoms with Crippen molar-refractivity contribution in [3.63, 3.8) is 0 Å². The minimum atomic E-state index is -0.847. The molecule has 0 amide bonds. The summed E-state index contributed by atoms with van der Waals surface area (Å²) in [5, 5.41) is 9.24. The van der Waals surface area contributed by atoms with Crippen LogP contribution >= 0.6 is 0 Å². The summed E-state index contributed by atoms with van der Waals surface area (Å²) in [5.74, 6) is -0.847. The Balaban J connectivity index is 2.09. The van der Waals surface area contributed by atoms with Crippen molar-refractivity contribution in [3.05, 3.63) is 77.4 Å². The maximum Gasteiger partial charge on any atom is 0.331 e. The minimum absolute atomic E-state index is 0.440. The molecule has 0 aliphatic carbocycles. The van der Waals surface area contributed by atoms with E-state index in [4.69, 9.17) is 0 Å². The fourth-order valence-corrected chi connectivity index (χ4v) is 1.91. The Morgan fingerprint density at radius 3 is 2.11 bits per heavy atom. The Morgan fingerprint density at radius 2 is 1.53 bits per heavy atom. The number of rotatable bonds is 5. The van der Waals surface area contributed by atoms with Crippen LogP contribution in [-0.2, 0) is 11.2 Å². The highest BCUT2D eigenvalue weighted by Crippen LogP contribution is 2.13. The van der Waals surface area contributed by atoms with Crippen molar-refractivity contribution in [3.8, 4) is 0 Å². The van der Waals surface area contributed by atoms with Crippen molar-refractivity contribution in [1.82, 2.24) is 0 Å². The van der Waals surface area contributed by atoms with Gasteiger partial charge in [-0.2, -0.15) is 0 Å². The van der Waals surface area contributed by atoms with Crippen molar-refractivity contribution >= 4 is 12.0 Å². The molecule has 0 saturated heterocycles. The number of benzene rings is 2. The third-order valence-corrected chi connectivity index (χ3v) is 2.94. The van der Waals surface area contributed by atoms with Crippen LogP contribution in [0.4, 0.5) is 0 Å². The normalized spacial score (nSPS) is 11.3. The fraction of sp³-hybridized carbons (Fsp3) is 0.118. The van der Waals surface area contributed by atoms with Gasteiger partial charge in [0.25, 0.3) is 0 Å². The first-order valence-electron chi connectivity index (χ1n) is 6.28. The number of aliphatic carboxylic acids is 1. The Kier molecular flexibility index (Phi) is 4.51. The zero-order valence-corrected chi connectivity index (χ0v) is 10.6. The van der Waals surface area contributed by atoms with E-state index in [0.717, 1.165) is 17.5 Å². The van der Waals surface area contributed by atoms with Gasteiger partial charge >= 0.3 is 5.97 Å². The molecule has 19 heavy (non-hydrogen) atoms. The number of hydrogen-bond acceptors (Lipinski definition) is 1. The van der Waals surface area contributed by atoms with E-state index in [9.17, 15) is 9.90 Å². The highest BCUT2D eigenvalue weighted by molar-refractivity contribution is 5.92. The maximum atomic E-state index is 11.3. The van der Waals surface area contributed by atoms with E-state index in [1.165, 1.54) is 0 Å². The first kappa shape index (κ1) is 13.1. The molecule has 2 aromatic rings. The molecular formula is C17H16O2. The quantitative estimate of drug-likeness (QED) is 0.822. The van der Waals surface area contributed by atoms with Gasteiger partial charge in [0.1, 0.15) is 0 Å². The van der Waals surface area contributed by atoms with Crippen LogP contribution in [0.15, 0.2) is 66.2 Å². The van der Waals surface area contributed by atoms with Gasteiger partial charge in [-0.3, -0.25) is 0 Å². The SMILES string of the molecule is O=C(O)C(=Cc1ccccc1)CCc1ccccc1. The lowest BCUT2D eigenvalue weighted by Gasteiger charge is -2.03. The topological polar surface area (TPSA) is 37.3 Å². The average molecular weight is 252 g/mol. The molecule has 0 unspecified atom stereocenters. The van der Waals surface area contributed by atoms with Crippen molar-refractivity contribution in [1.29, 1.82) is 0 Å². The molecule has 0 aromatic heterocycles. The van der Waals surface area contributed by atoms with Crippen molar-refractivity contribution < 1.29 is 9.90 Å². The van der Waals surface area contributed by atoms with E-state index >= 15 is 0 Å². The summed E-state index contributed by atoms with van der Waals surface area (Å²) in [5.41, 5.74) is 2.52. The van der Waals surface area contributed by atoms with Gasteiger partial charge in [-0.15, -0.1) is 0 Å². The molecule has 0 atom stereocenters. The molecule has 0 bridgehead atoms. The number of aryl methyl sites for hydroxylation is 1. The second kappa shape index (κ2) is 6.55. The van der Waals surface area contributed by atoms with Crippen LogP contribution in [0.3, 0.4) is 0 Å². The number of carboxylic acids is 1. The lowest BCUT2D eigenvalue weighted by Crippen LogP contribution is -2.02. The lowest BCUT2D eigenvalue weighted by atomic mass is 10.0. The third kappa shape index (κ3) is 4.11. The van der Waals surface area contributed by atoms with Gasteiger partial charge in [0.05, 0.1) is 0 Å². The van der Waals surface area contributed by atoms with Gasteiger partial charge in [0, 0.05) is 5.57 Å². The predicted octanol–water partition coefficient (Wildman–Crippen LogP) is 3.79. The predicted molar refractivity (Wildman–Crippen MR) is 76.8 cm³/mol. The van der Waals surface area contributed by atoms with Crippen molar-refractivity contribution in [2.45, 2.75) is 12.8 Å². The number of hydrogen-bond donors (Lipinski definition) is 1. The van der Waals surface area contributed by atoms with E-state index in [1.807, 2.05) is 60.7 Å². The summed E-state index contributed by atoms with van der Waals surface area (Å²) in [6.45, 7) is 0. The minimum Gasteiger partial charge on any atom is -0.478 e. The maximum absolute atomic E-state index is 11.3. The molecular weight excluding hydrogens is 236 g/mol. The fourth-order valence-electron chi connectivity index (χ4n) is 1.91. The summed E-state index contributed by atoms with van der Waals surface area (Å²) < 4.78 is 0. The molecule has 0 spiro atoms. The summed E-state index contributed by atoms with van der Waals surface area (Å²) in [7, 11) is 0. The van der Waals surface area contributed by atoms with Crippen molar-refractivity contribution in [2.24, 2.45) is 0 Å². The summed E-state index contributed by atoms with van der Waals surface area (Å²) in [6.07, 6.45) is 3.02. The van der Waals surface area contributed by atoms with Crippen LogP contribution in [0.5, 0.6) is 0 Å². The summed E-state index contributed by atoms with van der Waals surface area (Å²) in [6, 6.07) is 19.5. The van der Waals surface area contributed by atoms with E-state index in [-0.39, 0.29) is 0 Å². The Labute approximate surface area is 113 Å². The zero-order chi connectivity index (χ0) is 13.5. The Morgan fingerprint density at radius 1 is 0.947 bits per heavy atom. The molecule has 0 aliphatic heterocycles. The highest BCUT2D eigenvalue weighted by Gasteiger charge is 2.07. The van der Waals surface area contributed by atoms with Gasteiger partial charge in [0.2, 0.25) is 0 Å². The lowest BCUT2D eigenvalue weighted by molar-refractivity contribution is -0.132. The second-order valence-corrected chi connectivity index (χ2v) is 4.37. The first-order valence-corrected chi connectivity index (χ1v) is 6.28. The monoisotopic (exact) mass is 252 g/mol. The van der Waals surface area contributed by atoms with Gasteiger partial charge in [-0.05, 0) is 30.0 Å². The Bertz CT molecular complexity index is 556. The third-order valence-electron chi connectivity index (χ3n) is 2.94. The van der Waals surface area contributed by atoms with Crippen molar-refractivity contribution in [2.75, 3.05) is 0 Å². The van der Waals surface area contributed by atoms with Crippen LogP contribution in [-0.4, -0.2) is 11.1 Å². The van der Waals surface area contributed by atoms with Crippen LogP contribution in [0.2, 0.25) is 0 Å². The summed E-state index contributed by atoms with van der Waals surface area (Å²) >= 11 is 0. The van der Waals surface area contributed by atoms with E-state index in [1.54, 1.807) is 6.08 Å². The van der Waals surface area contributed by atoms with Gasteiger partial charge in [0.15, 0.2) is 0 Å². The van der Waals surface area contributed by atoms with E-state index in [0.29, 0.717) is 12.0 Å². The zero-order valence-electron chi connectivity index (χ0n) is 10.6. The molecule has 1 N–H and O–H groups in total. The van der Waals surface area contributed by atoms with Crippen LogP contribution in [0.25, 0.3) is 6.08 Å². The number of carboxylic acid groups (broad SMARTS) is 1. The van der Waals surface area contributed by atoms with Crippen LogP contribution in [0, 0.1) is 0 Å². The van der Waals surface area contributed by atoms with Gasteiger partial charge < -0.3 is 5.11 Å².